The van der Waals surface area contributed by atoms with Crippen LogP contribution in [0.5, 0.6) is 0 Å². The number of carbonyl (C=O) groups excluding carboxylic acids is 2. The quantitative estimate of drug-likeness (QED) is 0.708. The van der Waals surface area contributed by atoms with Gasteiger partial charge in [0, 0.05) is 25.2 Å². The van der Waals surface area contributed by atoms with Crippen molar-refractivity contribution < 1.29 is 22.8 Å². The van der Waals surface area contributed by atoms with Gasteiger partial charge < -0.3 is 10.2 Å². The highest BCUT2D eigenvalue weighted by atomic mass is 19.4. The molecule has 164 valence electrons. The molecule has 0 aromatic heterocycles. The average molecular weight is 423 g/mol. The number of nitrogens with one attached hydrogen (secondary N) is 1. The van der Waals surface area contributed by atoms with E-state index in [1.54, 1.807) is 0 Å². The summed E-state index contributed by atoms with van der Waals surface area (Å²) < 4.78 is 38.4. The number of anilines is 1. The number of hydrogen-bond acceptors (Lipinski definition) is 3. The molecule has 1 heterocycles. The minimum Gasteiger partial charge on any atom is -0.342 e. The van der Waals surface area contributed by atoms with Gasteiger partial charge in [0.05, 0.1) is 17.5 Å². The molecule has 1 saturated heterocycles. The zero-order valence-electron chi connectivity index (χ0n) is 17.0. The van der Waals surface area contributed by atoms with Gasteiger partial charge in [-0.3, -0.25) is 14.6 Å². The van der Waals surface area contributed by atoms with Crippen molar-refractivity contribution in [2.45, 2.75) is 57.2 Å². The number of amides is 2. The van der Waals surface area contributed by atoms with Gasteiger partial charge in [-0.1, -0.05) is 18.9 Å². The second-order valence-electron chi connectivity index (χ2n) is 8.24. The number of likely N-dealkylation sites (tertiary alicyclic amines) is 1. The molecule has 3 rings (SSSR count). The highest BCUT2D eigenvalue weighted by molar-refractivity contribution is 5.91. The monoisotopic (exact) mass is 423 g/mol. The Kier molecular flexibility index (Phi) is 7.15. The van der Waals surface area contributed by atoms with Crippen molar-refractivity contribution in [3.05, 3.63) is 29.8 Å². The number of aliphatic imine (C=N–C) groups is 1. The van der Waals surface area contributed by atoms with Gasteiger partial charge in [-0.05, 0) is 56.5 Å². The number of hydrogen-bond donors (Lipinski definition) is 1. The smallest absolute Gasteiger partial charge is 0.342 e. The lowest BCUT2D eigenvalue weighted by Crippen LogP contribution is -2.45. The molecule has 1 aliphatic carbocycles. The molecule has 5 nitrogen and oxygen atoms in total. The number of nitrogens with zero attached hydrogens (tertiary/aromatic N) is 2. The molecule has 2 fully saturated rings. The van der Waals surface area contributed by atoms with E-state index in [0.717, 1.165) is 37.8 Å². The van der Waals surface area contributed by atoms with Crippen molar-refractivity contribution in [1.29, 1.82) is 0 Å². The third-order valence-corrected chi connectivity index (χ3v) is 6.16. The van der Waals surface area contributed by atoms with Gasteiger partial charge in [0.15, 0.2) is 0 Å². The van der Waals surface area contributed by atoms with E-state index in [4.69, 9.17) is 0 Å². The summed E-state index contributed by atoms with van der Waals surface area (Å²) in [4.78, 5) is 31.2. The Hall–Kier alpha value is -2.38. The van der Waals surface area contributed by atoms with Crippen LogP contribution in [0.1, 0.15) is 50.5 Å². The molecule has 8 heteroatoms. The summed E-state index contributed by atoms with van der Waals surface area (Å²) >= 11 is 0. The summed E-state index contributed by atoms with van der Waals surface area (Å²) in [7, 11) is 0. The van der Waals surface area contributed by atoms with E-state index in [-0.39, 0.29) is 41.8 Å². The van der Waals surface area contributed by atoms with Crippen LogP contribution in [-0.4, -0.2) is 42.6 Å². The molecule has 0 spiro atoms. The Labute approximate surface area is 174 Å². The Morgan fingerprint density at radius 3 is 2.50 bits per heavy atom. The maximum atomic E-state index is 12.9. The lowest BCUT2D eigenvalue weighted by molar-refractivity contribution is -0.139. The Balaban J connectivity index is 1.48. The van der Waals surface area contributed by atoms with Crippen LogP contribution in [0.15, 0.2) is 29.3 Å². The lowest BCUT2D eigenvalue weighted by atomic mass is 9.83. The molecule has 0 radical (unpaired) electrons. The van der Waals surface area contributed by atoms with Gasteiger partial charge in [-0.15, -0.1) is 0 Å². The second-order valence-corrected chi connectivity index (χ2v) is 8.24. The third-order valence-electron chi connectivity index (χ3n) is 6.16. The molecule has 2 atom stereocenters. The molecule has 2 aliphatic rings. The summed E-state index contributed by atoms with van der Waals surface area (Å²) in [5.41, 5.74) is -0.648. The normalized spacial score (nSPS) is 23.1. The van der Waals surface area contributed by atoms with Crippen molar-refractivity contribution in [2.75, 3.05) is 18.4 Å². The van der Waals surface area contributed by atoms with Crippen LogP contribution in [-0.2, 0) is 15.8 Å². The van der Waals surface area contributed by atoms with E-state index in [1.807, 2.05) is 4.90 Å². The van der Waals surface area contributed by atoms with Crippen LogP contribution >= 0.6 is 0 Å². The Morgan fingerprint density at radius 1 is 1.13 bits per heavy atom. The maximum Gasteiger partial charge on any atom is 0.416 e. The summed E-state index contributed by atoms with van der Waals surface area (Å²) in [5, 5.41) is 2.56. The molecular weight excluding hydrogens is 395 g/mol. The first-order chi connectivity index (χ1) is 14.3. The van der Waals surface area contributed by atoms with Crippen LogP contribution in [0.25, 0.3) is 0 Å². The predicted octanol–water partition coefficient (Wildman–Crippen LogP) is 4.53. The van der Waals surface area contributed by atoms with E-state index >= 15 is 0 Å². The minimum absolute atomic E-state index is 0.00205. The standard InChI is InChI=1S/C22H28F3N3O2/c1-26-19-8-3-2-7-18(19)21(30)28-11-9-15(10-12-28)13-20(29)27-17-6-4-5-16(14-17)22(23,24)25/h4-6,14-15,18-19H,1-3,7-13H2,(H,27,29). The minimum atomic E-state index is -4.45. The van der Waals surface area contributed by atoms with E-state index in [1.165, 1.54) is 12.1 Å². The topological polar surface area (TPSA) is 61.8 Å². The summed E-state index contributed by atoms with van der Waals surface area (Å²) in [6.07, 6.45) is 1.08. The van der Waals surface area contributed by atoms with Gasteiger partial charge in [-0.25, -0.2) is 0 Å². The highest BCUT2D eigenvalue weighted by Gasteiger charge is 2.35. The molecule has 30 heavy (non-hydrogen) atoms. The fourth-order valence-corrected chi connectivity index (χ4v) is 4.46. The van der Waals surface area contributed by atoms with Gasteiger partial charge in [0.2, 0.25) is 11.8 Å². The van der Waals surface area contributed by atoms with Crippen molar-refractivity contribution in [1.82, 2.24) is 4.90 Å². The zero-order valence-corrected chi connectivity index (χ0v) is 17.0. The maximum absolute atomic E-state index is 12.9. The molecule has 1 aliphatic heterocycles. The van der Waals surface area contributed by atoms with Crippen molar-refractivity contribution in [2.24, 2.45) is 16.8 Å². The molecular formula is C22H28F3N3O2. The SMILES string of the molecule is C=NC1CCCCC1C(=O)N1CCC(CC(=O)Nc2cccc(C(F)(F)F)c2)CC1. The predicted molar refractivity (Wildman–Crippen MR) is 109 cm³/mol. The number of carbonyl (C=O) groups is 2. The van der Waals surface area contributed by atoms with Gasteiger partial charge in [0.1, 0.15) is 0 Å². The molecule has 1 aromatic carbocycles. The Morgan fingerprint density at radius 2 is 1.83 bits per heavy atom. The molecule has 1 aromatic rings. The average Bonchev–Trinajstić information content (AvgIpc) is 2.73. The lowest BCUT2D eigenvalue weighted by Gasteiger charge is -2.36. The number of piperidine rings is 1. The van der Waals surface area contributed by atoms with Crippen molar-refractivity contribution >= 4 is 24.2 Å². The van der Waals surface area contributed by atoms with E-state index in [9.17, 15) is 22.8 Å². The van der Waals surface area contributed by atoms with Crippen molar-refractivity contribution in [3.63, 3.8) is 0 Å². The Bertz CT molecular complexity index is 773. The van der Waals surface area contributed by atoms with Crippen LogP contribution in [0.3, 0.4) is 0 Å². The van der Waals surface area contributed by atoms with Crippen molar-refractivity contribution in [3.8, 4) is 0 Å². The van der Waals surface area contributed by atoms with E-state index in [0.29, 0.717) is 25.9 Å². The van der Waals surface area contributed by atoms with Gasteiger partial charge in [0.25, 0.3) is 0 Å². The second kappa shape index (κ2) is 9.62. The number of halogens is 3. The molecule has 2 unspecified atom stereocenters. The van der Waals surface area contributed by atoms with Crippen LogP contribution < -0.4 is 5.32 Å². The summed E-state index contributed by atoms with van der Waals surface area (Å²) in [6, 6.07) is 4.64. The fourth-order valence-electron chi connectivity index (χ4n) is 4.46. The summed E-state index contributed by atoms with van der Waals surface area (Å²) in [6.45, 7) is 4.83. The highest BCUT2D eigenvalue weighted by Crippen LogP contribution is 2.32. The largest absolute Gasteiger partial charge is 0.416 e. The van der Waals surface area contributed by atoms with Crippen LogP contribution in [0.4, 0.5) is 18.9 Å². The van der Waals surface area contributed by atoms with E-state index < -0.39 is 11.7 Å². The number of rotatable bonds is 5. The fraction of sp³-hybridized carbons (Fsp3) is 0.591. The zero-order chi connectivity index (χ0) is 21.7. The van der Waals surface area contributed by atoms with Gasteiger partial charge in [-0.2, -0.15) is 13.2 Å². The number of alkyl halides is 3. The van der Waals surface area contributed by atoms with E-state index in [2.05, 4.69) is 17.0 Å². The van der Waals surface area contributed by atoms with Crippen LogP contribution in [0.2, 0.25) is 0 Å². The first-order valence-electron chi connectivity index (χ1n) is 10.5. The molecule has 1 N–H and O–H groups in total. The number of benzene rings is 1. The molecule has 0 bridgehead atoms. The third kappa shape index (κ3) is 5.61. The first-order valence-corrected chi connectivity index (χ1v) is 10.5. The summed E-state index contributed by atoms with van der Waals surface area (Å²) in [5.74, 6) is -0.141. The molecule has 1 saturated carbocycles. The van der Waals surface area contributed by atoms with Gasteiger partial charge >= 0.3 is 6.18 Å². The van der Waals surface area contributed by atoms with Crippen LogP contribution in [0, 0.1) is 11.8 Å². The first kappa shape index (κ1) is 22.3. The molecule has 2 amide bonds.